The molecule has 3 aromatic rings. The number of hydrogen-bond donors (Lipinski definition) is 0. The van der Waals surface area contributed by atoms with E-state index in [1.165, 1.54) is 0 Å². The van der Waals surface area contributed by atoms with Gasteiger partial charge < -0.3 is 9.47 Å². The van der Waals surface area contributed by atoms with Gasteiger partial charge in [0.15, 0.2) is 0 Å². The Morgan fingerprint density at radius 1 is 1.04 bits per heavy atom. The van der Waals surface area contributed by atoms with Crippen molar-refractivity contribution in [2.24, 2.45) is 0 Å². The van der Waals surface area contributed by atoms with Gasteiger partial charge in [-0.3, -0.25) is 9.55 Å². The molecule has 132 valence electrons. The Bertz CT molecular complexity index is 956. The van der Waals surface area contributed by atoms with Crippen molar-refractivity contribution in [2.75, 3.05) is 20.3 Å². The first kappa shape index (κ1) is 17.6. The number of imidazole rings is 1. The van der Waals surface area contributed by atoms with Crippen LogP contribution in [-0.2, 0) is 4.74 Å². The number of nitrogens with zero attached hydrogens (tertiary/aromatic N) is 5. The van der Waals surface area contributed by atoms with Gasteiger partial charge in [-0.2, -0.15) is 4.98 Å². The molecular formula is C19H19N5O2. The largest absolute Gasteiger partial charge is 0.461 e. The van der Waals surface area contributed by atoms with Gasteiger partial charge in [0.1, 0.15) is 23.9 Å². The van der Waals surface area contributed by atoms with Crippen LogP contribution >= 0.6 is 0 Å². The second kappa shape index (κ2) is 8.23. The van der Waals surface area contributed by atoms with Gasteiger partial charge >= 0.3 is 6.01 Å². The van der Waals surface area contributed by atoms with Crippen LogP contribution in [0.4, 0.5) is 0 Å². The number of rotatable bonds is 5. The summed E-state index contributed by atoms with van der Waals surface area (Å²) in [6, 6.07) is 5.90. The van der Waals surface area contributed by atoms with Crippen LogP contribution in [0.5, 0.6) is 6.01 Å². The number of ether oxygens (including phenoxy) is 2. The van der Waals surface area contributed by atoms with Crippen LogP contribution in [0.2, 0.25) is 0 Å². The second-order valence-electron chi connectivity index (χ2n) is 5.52. The molecule has 0 amide bonds. The Labute approximate surface area is 152 Å². The van der Waals surface area contributed by atoms with Gasteiger partial charge in [0.25, 0.3) is 0 Å². The molecule has 0 N–H and O–H groups in total. The van der Waals surface area contributed by atoms with Gasteiger partial charge in [0, 0.05) is 43.0 Å². The van der Waals surface area contributed by atoms with Crippen molar-refractivity contribution < 1.29 is 9.47 Å². The smallest absolute Gasteiger partial charge is 0.318 e. The Hall–Kier alpha value is -3.24. The van der Waals surface area contributed by atoms with E-state index in [9.17, 15) is 0 Å². The number of methoxy groups -OCH3 is 1. The molecule has 0 saturated heterocycles. The predicted molar refractivity (Wildman–Crippen MR) is 96.2 cm³/mol. The quantitative estimate of drug-likeness (QED) is 0.519. The Morgan fingerprint density at radius 3 is 2.69 bits per heavy atom. The van der Waals surface area contributed by atoms with Gasteiger partial charge in [-0.25, -0.2) is 9.97 Å². The summed E-state index contributed by atoms with van der Waals surface area (Å²) in [6.07, 6.45) is 5.24. The molecule has 7 nitrogen and oxygen atoms in total. The lowest BCUT2D eigenvalue weighted by molar-refractivity contribution is 0.141. The summed E-state index contributed by atoms with van der Waals surface area (Å²) in [6.45, 7) is 4.71. The van der Waals surface area contributed by atoms with Crippen LogP contribution < -0.4 is 4.74 Å². The van der Waals surface area contributed by atoms with Gasteiger partial charge in [-0.05, 0) is 31.9 Å². The molecule has 3 rings (SSSR count). The molecule has 3 aromatic heterocycles. The van der Waals surface area contributed by atoms with Crippen molar-refractivity contribution in [2.45, 2.75) is 13.8 Å². The van der Waals surface area contributed by atoms with Crippen molar-refractivity contribution in [1.29, 1.82) is 0 Å². The molecule has 3 heterocycles. The molecule has 0 saturated carbocycles. The SMILES string of the molecule is COCCOc1nccc(-n2cc(C#Cc3ccnc(C)c3)nc2C)n1. The van der Waals surface area contributed by atoms with Gasteiger partial charge in [-0.15, -0.1) is 0 Å². The van der Waals surface area contributed by atoms with Gasteiger partial charge in [-0.1, -0.05) is 5.92 Å². The topological polar surface area (TPSA) is 75.0 Å². The standard InChI is InChI=1S/C19H19N5O2/c1-14-12-16(6-8-20-14)4-5-17-13-24(15(2)22-17)18-7-9-21-19(23-18)26-11-10-25-3/h6-9,12-13H,10-11H2,1-3H3. The Kier molecular flexibility index (Phi) is 5.56. The molecular weight excluding hydrogens is 330 g/mol. The first-order valence-electron chi connectivity index (χ1n) is 8.11. The molecule has 0 radical (unpaired) electrons. The normalized spacial score (nSPS) is 10.3. The first-order valence-corrected chi connectivity index (χ1v) is 8.11. The Morgan fingerprint density at radius 2 is 1.88 bits per heavy atom. The fraction of sp³-hybridized carbons (Fsp3) is 0.263. The summed E-state index contributed by atoms with van der Waals surface area (Å²) >= 11 is 0. The lowest BCUT2D eigenvalue weighted by Gasteiger charge is -2.06. The third-order valence-corrected chi connectivity index (χ3v) is 3.50. The molecule has 0 aliphatic carbocycles. The van der Waals surface area contributed by atoms with Crippen molar-refractivity contribution in [1.82, 2.24) is 24.5 Å². The van der Waals surface area contributed by atoms with Crippen molar-refractivity contribution in [3.05, 3.63) is 59.6 Å². The molecule has 0 spiro atoms. The summed E-state index contributed by atoms with van der Waals surface area (Å²) in [4.78, 5) is 17.1. The van der Waals surface area contributed by atoms with Crippen LogP contribution in [0, 0.1) is 25.7 Å². The van der Waals surface area contributed by atoms with Crippen LogP contribution in [-0.4, -0.2) is 44.8 Å². The maximum atomic E-state index is 5.46. The van der Waals surface area contributed by atoms with Gasteiger partial charge in [0.2, 0.25) is 0 Å². The molecule has 0 bridgehead atoms. The van der Waals surface area contributed by atoms with E-state index in [1.54, 1.807) is 25.6 Å². The highest BCUT2D eigenvalue weighted by Crippen LogP contribution is 2.12. The zero-order valence-corrected chi connectivity index (χ0v) is 14.9. The minimum absolute atomic E-state index is 0.299. The van der Waals surface area contributed by atoms with E-state index in [-0.39, 0.29) is 0 Å². The van der Waals surface area contributed by atoms with Crippen LogP contribution in [0.15, 0.2) is 36.8 Å². The molecule has 0 aromatic carbocycles. The fourth-order valence-electron chi connectivity index (χ4n) is 2.28. The second-order valence-corrected chi connectivity index (χ2v) is 5.52. The van der Waals surface area contributed by atoms with Crippen molar-refractivity contribution >= 4 is 0 Å². The van der Waals surface area contributed by atoms with Crippen molar-refractivity contribution in [3.63, 3.8) is 0 Å². The molecule has 7 heteroatoms. The first-order chi connectivity index (χ1) is 12.7. The van der Waals surface area contributed by atoms with E-state index in [0.717, 1.165) is 17.1 Å². The third kappa shape index (κ3) is 4.43. The number of aryl methyl sites for hydroxylation is 2. The summed E-state index contributed by atoms with van der Waals surface area (Å²) in [5, 5.41) is 0. The van der Waals surface area contributed by atoms with E-state index >= 15 is 0 Å². The zero-order valence-electron chi connectivity index (χ0n) is 14.9. The average Bonchev–Trinajstić information content (AvgIpc) is 3.01. The molecule has 26 heavy (non-hydrogen) atoms. The van der Waals surface area contributed by atoms with E-state index in [0.29, 0.717) is 30.7 Å². The van der Waals surface area contributed by atoms with E-state index in [4.69, 9.17) is 9.47 Å². The summed E-state index contributed by atoms with van der Waals surface area (Å²) < 4.78 is 12.3. The maximum Gasteiger partial charge on any atom is 0.318 e. The highest BCUT2D eigenvalue weighted by atomic mass is 16.5. The highest BCUT2D eigenvalue weighted by molar-refractivity contribution is 5.41. The lowest BCUT2D eigenvalue weighted by Crippen LogP contribution is -2.08. The molecule has 0 fully saturated rings. The molecule has 0 unspecified atom stereocenters. The van der Waals surface area contributed by atoms with E-state index < -0.39 is 0 Å². The molecule has 0 atom stereocenters. The van der Waals surface area contributed by atoms with Gasteiger partial charge in [0.05, 0.1) is 6.61 Å². The minimum atomic E-state index is 0.299. The van der Waals surface area contributed by atoms with Crippen molar-refractivity contribution in [3.8, 4) is 23.7 Å². The number of hydrogen-bond acceptors (Lipinski definition) is 6. The molecule has 0 aliphatic rings. The van der Waals surface area contributed by atoms with E-state index in [1.807, 2.05) is 36.7 Å². The lowest BCUT2D eigenvalue weighted by atomic mass is 10.2. The van der Waals surface area contributed by atoms with Crippen LogP contribution in [0.3, 0.4) is 0 Å². The molecule has 0 aliphatic heterocycles. The highest BCUT2D eigenvalue weighted by Gasteiger charge is 2.08. The monoisotopic (exact) mass is 349 g/mol. The Balaban J connectivity index is 1.81. The van der Waals surface area contributed by atoms with Crippen LogP contribution in [0.1, 0.15) is 22.8 Å². The fourth-order valence-corrected chi connectivity index (χ4v) is 2.28. The summed E-state index contributed by atoms with van der Waals surface area (Å²) in [5.74, 6) is 7.63. The van der Waals surface area contributed by atoms with Crippen LogP contribution in [0.25, 0.3) is 5.82 Å². The maximum absolute atomic E-state index is 5.46. The average molecular weight is 349 g/mol. The number of pyridine rings is 1. The predicted octanol–water partition coefficient (Wildman–Crippen LogP) is 2.10. The summed E-state index contributed by atoms with van der Waals surface area (Å²) in [7, 11) is 1.62. The summed E-state index contributed by atoms with van der Waals surface area (Å²) in [5.41, 5.74) is 2.50. The minimum Gasteiger partial charge on any atom is -0.461 e. The van der Waals surface area contributed by atoms with E-state index in [2.05, 4.69) is 31.8 Å². The number of aromatic nitrogens is 5. The zero-order chi connectivity index (χ0) is 18.4. The third-order valence-electron chi connectivity index (χ3n) is 3.50.